The Balaban J connectivity index is 2.54. The van der Waals surface area contributed by atoms with Crippen molar-refractivity contribution in [2.45, 2.75) is 20.4 Å². The predicted octanol–water partition coefficient (Wildman–Crippen LogP) is 2.36. The first kappa shape index (κ1) is 14.3. The predicted molar refractivity (Wildman–Crippen MR) is 73.0 cm³/mol. The zero-order valence-corrected chi connectivity index (χ0v) is 11.5. The van der Waals surface area contributed by atoms with E-state index >= 15 is 0 Å². The van der Waals surface area contributed by atoms with Crippen LogP contribution in [0.1, 0.15) is 18.1 Å². The van der Waals surface area contributed by atoms with Gasteiger partial charge >= 0.3 is 0 Å². The Morgan fingerprint density at radius 2 is 1.94 bits per heavy atom. The van der Waals surface area contributed by atoms with Gasteiger partial charge in [0.1, 0.15) is 5.75 Å². The van der Waals surface area contributed by atoms with Crippen LogP contribution in [-0.2, 0) is 6.54 Å². The monoisotopic (exact) mass is 256 g/mol. The molecule has 0 aliphatic carbocycles. The molecule has 0 aliphatic rings. The van der Waals surface area contributed by atoms with Gasteiger partial charge < -0.3 is 15.4 Å². The van der Waals surface area contributed by atoms with E-state index < -0.39 is 0 Å². The van der Waals surface area contributed by atoms with E-state index in [9.17, 15) is 0 Å². The molecular weight excluding hydrogens is 236 g/mol. The number of benzene rings is 1. The molecular formula is C13H21ClN2O. The van der Waals surface area contributed by atoms with Crippen molar-refractivity contribution in [1.29, 1.82) is 0 Å². The zero-order chi connectivity index (χ0) is 12.7. The van der Waals surface area contributed by atoms with Gasteiger partial charge in [0.15, 0.2) is 0 Å². The summed E-state index contributed by atoms with van der Waals surface area (Å²) in [7, 11) is 1.69. The van der Waals surface area contributed by atoms with Crippen molar-refractivity contribution >= 4 is 11.6 Å². The maximum absolute atomic E-state index is 6.11. The SMILES string of the molecule is CCNCCNCc1cc(Cl)c(C)cc1OC. The van der Waals surface area contributed by atoms with Gasteiger partial charge in [0, 0.05) is 30.2 Å². The Morgan fingerprint density at radius 3 is 2.59 bits per heavy atom. The van der Waals surface area contributed by atoms with Crippen molar-refractivity contribution in [2.75, 3.05) is 26.7 Å². The Labute approximate surface area is 109 Å². The van der Waals surface area contributed by atoms with Crippen molar-refractivity contribution in [1.82, 2.24) is 10.6 Å². The molecule has 3 nitrogen and oxygen atoms in total. The molecule has 0 bridgehead atoms. The lowest BCUT2D eigenvalue weighted by Crippen LogP contribution is -2.26. The summed E-state index contributed by atoms with van der Waals surface area (Å²) in [4.78, 5) is 0. The maximum Gasteiger partial charge on any atom is 0.123 e. The molecule has 0 aliphatic heterocycles. The summed E-state index contributed by atoms with van der Waals surface area (Å²) in [5, 5.41) is 7.41. The van der Waals surface area contributed by atoms with Crippen molar-refractivity contribution in [3.8, 4) is 5.75 Å². The summed E-state index contributed by atoms with van der Waals surface area (Å²) < 4.78 is 5.35. The number of hydrogen-bond donors (Lipinski definition) is 2. The van der Waals surface area contributed by atoms with E-state index in [0.29, 0.717) is 0 Å². The van der Waals surface area contributed by atoms with Crippen LogP contribution in [0.15, 0.2) is 12.1 Å². The first-order valence-electron chi connectivity index (χ1n) is 5.93. The van der Waals surface area contributed by atoms with Gasteiger partial charge in [0.05, 0.1) is 7.11 Å². The molecule has 0 saturated heterocycles. The fourth-order valence-electron chi connectivity index (χ4n) is 1.60. The number of methoxy groups -OCH3 is 1. The topological polar surface area (TPSA) is 33.3 Å². The van der Waals surface area contributed by atoms with E-state index in [0.717, 1.165) is 48.1 Å². The lowest BCUT2D eigenvalue weighted by atomic mass is 10.1. The highest BCUT2D eigenvalue weighted by Crippen LogP contribution is 2.26. The third kappa shape index (κ3) is 4.54. The minimum Gasteiger partial charge on any atom is -0.496 e. The fraction of sp³-hybridized carbons (Fsp3) is 0.538. The molecule has 0 unspecified atom stereocenters. The molecule has 0 aromatic heterocycles. The van der Waals surface area contributed by atoms with Gasteiger partial charge in [-0.3, -0.25) is 0 Å². The van der Waals surface area contributed by atoms with Gasteiger partial charge in [-0.25, -0.2) is 0 Å². The first-order valence-corrected chi connectivity index (χ1v) is 6.31. The average Bonchev–Trinajstić information content (AvgIpc) is 2.33. The number of rotatable bonds is 7. The summed E-state index contributed by atoms with van der Waals surface area (Å²) in [5.74, 6) is 0.892. The normalized spacial score (nSPS) is 10.6. The lowest BCUT2D eigenvalue weighted by molar-refractivity contribution is 0.407. The van der Waals surface area contributed by atoms with Gasteiger partial charge in [-0.1, -0.05) is 18.5 Å². The Hall–Kier alpha value is -0.770. The van der Waals surface area contributed by atoms with Crippen molar-refractivity contribution in [3.63, 3.8) is 0 Å². The molecule has 0 atom stereocenters. The molecule has 0 radical (unpaired) electrons. The zero-order valence-electron chi connectivity index (χ0n) is 10.8. The van der Waals surface area contributed by atoms with Crippen LogP contribution in [0.3, 0.4) is 0 Å². The van der Waals surface area contributed by atoms with Crippen LogP contribution in [0.4, 0.5) is 0 Å². The summed E-state index contributed by atoms with van der Waals surface area (Å²) >= 11 is 6.11. The van der Waals surface area contributed by atoms with Crippen LogP contribution < -0.4 is 15.4 Å². The second-order valence-corrected chi connectivity index (χ2v) is 4.35. The largest absolute Gasteiger partial charge is 0.496 e. The second kappa shape index (κ2) is 7.54. The van der Waals surface area contributed by atoms with Gasteiger partial charge in [-0.05, 0) is 31.2 Å². The van der Waals surface area contributed by atoms with Crippen LogP contribution in [0.25, 0.3) is 0 Å². The molecule has 0 heterocycles. The number of nitrogens with one attached hydrogen (secondary N) is 2. The Kier molecular flexibility index (Phi) is 6.34. The highest BCUT2D eigenvalue weighted by atomic mass is 35.5. The lowest BCUT2D eigenvalue weighted by Gasteiger charge is -2.12. The third-order valence-corrected chi connectivity index (χ3v) is 3.01. The van der Waals surface area contributed by atoms with Crippen LogP contribution in [0.2, 0.25) is 5.02 Å². The molecule has 4 heteroatoms. The molecule has 2 N–H and O–H groups in total. The quantitative estimate of drug-likeness (QED) is 0.735. The number of halogens is 1. The highest BCUT2D eigenvalue weighted by molar-refractivity contribution is 6.31. The fourth-order valence-corrected chi connectivity index (χ4v) is 1.79. The number of likely N-dealkylation sites (N-methyl/N-ethyl adjacent to an activating group) is 1. The Bertz CT molecular complexity index is 356. The minimum absolute atomic E-state index is 0.772. The number of hydrogen-bond acceptors (Lipinski definition) is 3. The van der Waals surface area contributed by atoms with Crippen LogP contribution in [0.5, 0.6) is 5.75 Å². The number of aryl methyl sites for hydroxylation is 1. The second-order valence-electron chi connectivity index (χ2n) is 3.94. The smallest absolute Gasteiger partial charge is 0.123 e. The molecule has 1 aromatic rings. The molecule has 0 fully saturated rings. The number of ether oxygens (including phenoxy) is 1. The molecule has 0 amide bonds. The van der Waals surface area contributed by atoms with E-state index in [2.05, 4.69) is 17.6 Å². The molecule has 0 spiro atoms. The van der Waals surface area contributed by atoms with Crippen LogP contribution in [-0.4, -0.2) is 26.7 Å². The van der Waals surface area contributed by atoms with Crippen LogP contribution >= 0.6 is 11.6 Å². The van der Waals surface area contributed by atoms with Crippen molar-refractivity contribution < 1.29 is 4.74 Å². The van der Waals surface area contributed by atoms with E-state index in [4.69, 9.17) is 16.3 Å². The molecule has 1 rings (SSSR count). The minimum atomic E-state index is 0.772. The third-order valence-electron chi connectivity index (χ3n) is 2.61. The van der Waals surface area contributed by atoms with Crippen molar-refractivity contribution in [2.24, 2.45) is 0 Å². The summed E-state index contributed by atoms with van der Waals surface area (Å²) in [5.41, 5.74) is 2.14. The standard InChI is InChI=1S/C13H21ClN2O/c1-4-15-5-6-16-9-11-8-12(14)10(2)7-13(11)17-3/h7-8,15-16H,4-6,9H2,1-3H3. The highest BCUT2D eigenvalue weighted by Gasteiger charge is 2.06. The summed E-state index contributed by atoms with van der Waals surface area (Å²) in [6, 6.07) is 3.94. The van der Waals surface area contributed by atoms with E-state index in [-0.39, 0.29) is 0 Å². The van der Waals surface area contributed by atoms with Gasteiger partial charge in [0.2, 0.25) is 0 Å². The average molecular weight is 257 g/mol. The molecule has 1 aromatic carbocycles. The van der Waals surface area contributed by atoms with E-state index in [1.165, 1.54) is 0 Å². The van der Waals surface area contributed by atoms with Gasteiger partial charge in [0.25, 0.3) is 0 Å². The molecule has 0 saturated carbocycles. The maximum atomic E-state index is 6.11. The molecule has 17 heavy (non-hydrogen) atoms. The first-order chi connectivity index (χ1) is 8.19. The van der Waals surface area contributed by atoms with Crippen molar-refractivity contribution in [3.05, 3.63) is 28.3 Å². The van der Waals surface area contributed by atoms with Gasteiger partial charge in [-0.2, -0.15) is 0 Å². The summed E-state index contributed by atoms with van der Waals surface area (Å²) in [6.07, 6.45) is 0. The van der Waals surface area contributed by atoms with Crippen LogP contribution in [0, 0.1) is 6.92 Å². The van der Waals surface area contributed by atoms with E-state index in [1.54, 1.807) is 7.11 Å². The summed E-state index contributed by atoms with van der Waals surface area (Å²) in [6.45, 7) is 7.76. The van der Waals surface area contributed by atoms with Gasteiger partial charge in [-0.15, -0.1) is 0 Å². The Morgan fingerprint density at radius 1 is 1.24 bits per heavy atom. The van der Waals surface area contributed by atoms with E-state index in [1.807, 2.05) is 19.1 Å². The molecule has 96 valence electrons.